The molecule has 9 rings (SSSR count). The van der Waals surface area contributed by atoms with Gasteiger partial charge in [-0.05, 0) is 48.5 Å². The highest BCUT2D eigenvalue weighted by Crippen LogP contribution is 2.66. The van der Waals surface area contributed by atoms with Crippen LogP contribution >= 0.6 is 94.1 Å². The van der Waals surface area contributed by atoms with Crippen LogP contribution in [0.3, 0.4) is 0 Å². The van der Waals surface area contributed by atoms with E-state index in [-0.39, 0.29) is 5.78 Å². The minimum absolute atomic E-state index is 0.153. The summed E-state index contributed by atoms with van der Waals surface area (Å²) in [5.74, 6) is 0.153. The van der Waals surface area contributed by atoms with E-state index < -0.39 is 0 Å². The maximum atomic E-state index is 15.0. The average Bonchev–Trinajstić information content (AvgIpc) is 3.83. The third kappa shape index (κ3) is 4.38. The predicted molar refractivity (Wildman–Crippen MR) is 186 cm³/mol. The smallest absolute Gasteiger partial charge is 0.197 e. The van der Waals surface area contributed by atoms with Crippen molar-refractivity contribution in [1.29, 1.82) is 0 Å². The molecule has 202 valence electrons. The summed E-state index contributed by atoms with van der Waals surface area (Å²) in [5.41, 5.74) is 3.94. The molecule has 0 spiro atoms. The second-order valence-electron chi connectivity index (χ2n) is 9.58. The van der Waals surface area contributed by atoms with E-state index in [4.69, 9.17) is 0 Å². The highest BCUT2D eigenvalue weighted by Gasteiger charge is 2.45. The van der Waals surface area contributed by atoms with Crippen LogP contribution in [0.2, 0.25) is 0 Å². The summed E-state index contributed by atoms with van der Waals surface area (Å²) < 4.78 is 4.58. The van der Waals surface area contributed by atoms with E-state index in [1.807, 2.05) is 47.0 Å². The second-order valence-corrected chi connectivity index (χ2v) is 19.0. The summed E-state index contributed by atoms with van der Waals surface area (Å²) in [6, 6.07) is 34.2. The number of Topliss-reactive ketones (excluding diaryl/α,β-unsaturated/α-hetero) is 1. The van der Waals surface area contributed by atoms with Gasteiger partial charge in [0.2, 0.25) is 0 Å². The molecule has 1 saturated carbocycles. The number of thioether (sulfide) groups is 8. The summed E-state index contributed by atoms with van der Waals surface area (Å²) in [4.78, 5) is 24.9. The van der Waals surface area contributed by atoms with Crippen LogP contribution in [0.4, 0.5) is 0 Å². The molecule has 0 bridgehead atoms. The monoisotopic (exact) mass is 684 g/mol. The van der Waals surface area contributed by atoms with E-state index in [2.05, 4.69) is 97.1 Å². The van der Waals surface area contributed by atoms with Crippen molar-refractivity contribution in [1.82, 2.24) is 0 Å². The van der Waals surface area contributed by atoms with Crippen LogP contribution in [0.15, 0.2) is 175 Å². The zero-order valence-corrected chi connectivity index (χ0v) is 27.9. The van der Waals surface area contributed by atoms with Gasteiger partial charge >= 0.3 is 0 Å². The van der Waals surface area contributed by atoms with Crippen molar-refractivity contribution in [2.75, 3.05) is 0 Å². The SMILES string of the molecule is O=C1C(=C2Sc3ccccc3S2)C(=C2Sc3ccccc3S2)C(=C2Sc3ccccc3S2)C1=C1Sc2ccccc2S1. The van der Waals surface area contributed by atoms with Gasteiger partial charge in [-0.3, -0.25) is 4.79 Å². The third-order valence-electron chi connectivity index (χ3n) is 7.04. The number of fused-ring (bicyclic) bond motifs is 4. The Morgan fingerprint density at radius 2 is 0.476 bits per heavy atom. The van der Waals surface area contributed by atoms with Gasteiger partial charge < -0.3 is 0 Å². The number of carbonyl (C=O) groups excluding carboxylic acids is 1. The maximum absolute atomic E-state index is 15.0. The lowest BCUT2D eigenvalue weighted by Crippen LogP contribution is -1.99. The van der Waals surface area contributed by atoms with Crippen LogP contribution in [0.25, 0.3) is 0 Å². The number of benzene rings is 4. The molecule has 9 heteroatoms. The molecule has 0 N–H and O–H groups in total. The largest absolute Gasteiger partial charge is 0.288 e. The summed E-state index contributed by atoms with van der Waals surface area (Å²) in [6.07, 6.45) is 0. The van der Waals surface area contributed by atoms with Crippen molar-refractivity contribution in [3.05, 3.63) is 136 Å². The molecule has 4 aromatic carbocycles. The van der Waals surface area contributed by atoms with Gasteiger partial charge in [-0.15, -0.1) is 0 Å². The van der Waals surface area contributed by atoms with E-state index in [1.165, 1.54) is 47.6 Å². The van der Waals surface area contributed by atoms with E-state index in [0.717, 1.165) is 30.8 Å². The molecule has 4 heterocycles. The van der Waals surface area contributed by atoms with Gasteiger partial charge in [-0.1, -0.05) is 143 Å². The van der Waals surface area contributed by atoms with E-state index in [1.54, 1.807) is 47.0 Å². The molecule has 1 fully saturated rings. The molecule has 42 heavy (non-hydrogen) atoms. The molecular formula is C33H16OS8. The minimum atomic E-state index is 0.153. The van der Waals surface area contributed by atoms with Gasteiger partial charge in [-0.25, -0.2) is 0 Å². The van der Waals surface area contributed by atoms with Gasteiger partial charge in [0.15, 0.2) is 5.78 Å². The average molecular weight is 685 g/mol. The van der Waals surface area contributed by atoms with Crippen molar-refractivity contribution in [3.8, 4) is 0 Å². The second kappa shape index (κ2) is 10.7. The van der Waals surface area contributed by atoms with Crippen LogP contribution in [-0.4, -0.2) is 5.78 Å². The van der Waals surface area contributed by atoms with Crippen molar-refractivity contribution >= 4 is 99.9 Å². The van der Waals surface area contributed by atoms with Crippen molar-refractivity contribution in [2.24, 2.45) is 0 Å². The number of rotatable bonds is 0. The first-order valence-corrected chi connectivity index (χ1v) is 19.6. The Morgan fingerprint density at radius 3 is 0.690 bits per heavy atom. The highest BCUT2D eigenvalue weighted by atomic mass is 32.2. The molecule has 0 amide bonds. The summed E-state index contributed by atoms with van der Waals surface area (Å²) >= 11 is 14.2. The molecule has 0 aromatic heterocycles. The van der Waals surface area contributed by atoms with Gasteiger partial charge in [0.25, 0.3) is 0 Å². The Morgan fingerprint density at radius 1 is 0.286 bits per heavy atom. The quantitative estimate of drug-likeness (QED) is 0.167. The molecule has 0 radical (unpaired) electrons. The standard InChI is InChI=1S/C33H16OS8/c34-29-27(32-39-21-13-5-6-14-22(21)40-32)25(30-35-17-9-1-2-10-18(17)36-30)26(31-37-19-11-3-4-12-20(19)38-31)28(29)33-41-23-15-7-8-16-24(23)42-33/h1-16H. The number of hydrogen-bond donors (Lipinski definition) is 0. The van der Waals surface area contributed by atoms with Crippen LogP contribution in [-0.2, 0) is 4.79 Å². The number of allylic oxidation sites excluding steroid dienone is 4. The Kier molecular flexibility index (Phi) is 6.82. The number of carbonyl (C=O) groups is 1. The molecular weight excluding hydrogens is 669 g/mol. The van der Waals surface area contributed by atoms with E-state index in [9.17, 15) is 4.79 Å². The fourth-order valence-electron chi connectivity index (χ4n) is 5.17. The zero-order chi connectivity index (χ0) is 27.8. The summed E-state index contributed by atoms with van der Waals surface area (Å²) in [7, 11) is 0. The van der Waals surface area contributed by atoms with Crippen molar-refractivity contribution in [2.45, 2.75) is 39.2 Å². The zero-order valence-electron chi connectivity index (χ0n) is 21.4. The van der Waals surface area contributed by atoms with Crippen LogP contribution in [0.5, 0.6) is 0 Å². The molecule has 5 aliphatic rings. The third-order valence-corrected chi connectivity index (χ3v) is 17.3. The highest BCUT2D eigenvalue weighted by molar-refractivity contribution is 8.26. The fraction of sp³-hybridized carbons (Fsp3) is 0. The number of hydrogen-bond acceptors (Lipinski definition) is 9. The first-order chi connectivity index (χ1) is 20.7. The molecule has 1 aliphatic carbocycles. The summed E-state index contributed by atoms with van der Waals surface area (Å²) in [5, 5.41) is 0. The Bertz CT molecular complexity index is 1770. The number of ketones is 1. The fourth-order valence-corrected chi connectivity index (χ4v) is 15.5. The van der Waals surface area contributed by atoms with Gasteiger partial charge in [-0.2, -0.15) is 0 Å². The lowest BCUT2D eigenvalue weighted by molar-refractivity contribution is -0.111. The molecule has 4 aliphatic heterocycles. The minimum Gasteiger partial charge on any atom is -0.288 e. The normalized spacial score (nSPS) is 18.8. The van der Waals surface area contributed by atoms with E-state index >= 15 is 0 Å². The van der Waals surface area contributed by atoms with Gasteiger partial charge in [0.05, 0.1) is 28.1 Å². The molecule has 0 atom stereocenters. The van der Waals surface area contributed by atoms with Crippen molar-refractivity contribution in [3.63, 3.8) is 0 Å². The van der Waals surface area contributed by atoms with Crippen LogP contribution in [0.1, 0.15) is 0 Å². The first-order valence-electron chi connectivity index (χ1n) is 13.0. The lowest BCUT2D eigenvalue weighted by Gasteiger charge is -2.11. The molecule has 0 unspecified atom stereocenters. The first kappa shape index (κ1) is 26.7. The van der Waals surface area contributed by atoms with Crippen LogP contribution in [0, 0.1) is 0 Å². The Balaban J connectivity index is 1.31. The topological polar surface area (TPSA) is 17.1 Å². The molecule has 4 aromatic rings. The van der Waals surface area contributed by atoms with Gasteiger partial charge in [0, 0.05) is 50.3 Å². The van der Waals surface area contributed by atoms with E-state index in [0.29, 0.717) is 0 Å². The Hall–Kier alpha value is -1.69. The Labute approximate surface area is 277 Å². The summed E-state index contributed by atoms with van der Waals surface area (Å²) in [6.45, 7) is 0. The maximum Gasteiger partial charge on any atom is 0.197 e. The van der Waals surface area contributed by atoms with Crippen LogP contribution < -0.4 is 0 Å². The lowest BCUT2D eigenvalue weighted by atomic mass is 10.1. The molecule has 1 nitrogen and oxygen atoms in total. The van der Waals surface area contributed by atoms with Gasteiger partial charge in [0.1, 0.15) is 0 Å². The van der Waals surface area contributed by atoms with Crippen molar-refractivity contribution < 1.29 is 4.79 Å². The molecule has 0 saturated heterocycles. The predicted octanol–water partition coefficient (Wildman–Crippen LogP) is 12.0.